The summed E-state index contributed by atoms with van der Waals surface area (Å²) in [6, 6.07) is 7.13. The van der Waals surface area contributed by atoms with E-state index in [0.29, 0.717) is 39.3 Å². The lowest BCUT2D eigenvalue weighted by molar-refractivity contribution is -0.134. The zero-order chi connectivity index (χ0) is 19.9. The van der Waals surface area contributed by atoms with Crippen molar-refractivity contribution in [1.82, 2.24) is 19.8 Å². The zero-order valence-corrected chi connectivity index (χ0v) is 16.7. The molecule has 1 atom stereocenters. The van der Waals surface area contributed by atoms with Crippen LogP contribution in [0.25, 0.3) is 0 Å². The SMILES string of the molecule is CCCNC(=O)CN1CCN(C(=O)C(C)NS(=O)(=O)c2ccccc2)CC1. The van der Waals surface area contributed by atoms with E-state index in [9.17, 15) is 18.0 Å². The summed E-state index contributed by atoms with van der Waals surface area (Å²) in [4.78, 5) is 28.1. The molecule has 0 aliphatic carbocycles. The first kappa shape index (κ1) is 21.3. The molecule has 1 aliphatic heterocycles. The zero-order valence-electron chi connectivity index (χ0n) is 15.8. The van der Waals surface area contributed by atoms with Gasteiger partial charge in [0.2, 0.25) is 21.8 Å². The lowest BCUT2D eigenvalue weighted by Crippen LogP contribution is -2.55. The number of piperazine rings is 1. The molecule has 1 aromatic carbocycles. The Morgan fingerprint density at radius 2 is 1.74 bits per heavy atom. The number of carbonyl (C=O) groups is 2. The van der Waals surface area contributed by atoms with Gasteiger partial charge in [-0.2, -0.15) is 4.72 Å². The third kappa shape index (κ3) is 6.30. The lowest BCUT2D eigenvalue weighted by atomic mass is 10.2. The fourth-order valence-corrected chi connectivity index (χ4v) is 4.09. The molecular weight excluding hydrogens is 368 g/mol. The van der Waals surface area contributed by atoms with E-state index >= 15 is 0 Å². The summed E-state index contributed by atoms with van der Waals surface area (Å²) in [6.07, 6.45) is 0.894. The van der Waals surface area contributed by atoms with Crippen LogP contribution >= 0.6 is 0 Å². The molecule has 2 amide bonds. The minimum Gasteiger partial charge on any atom is -0.355 e. The van der Waals surface area contributed by atoms with Crippen LogP contribution in [0.15, 0.2) is 35.2 Å². The van der Waals surface area contributed by atoms with E-state index in [1.54, 1.807) is 30.0 Å². The molecular formula is C18H28N4O4S. The van der Waals surface area contributed by atoms with Gasteiger partial charge in [0.25, 0.3) is 0 Å². The molecule has 27 heavy (non-hydrogen) atoms. The molecule has 0 spiro atoms. The van der Waals surface area contributed by atoms with Crippen molar-refractivity contribution in [3.05, 3.63) is 30.3 Å². The number of nitrogens with zero attached hydrogens (tertiary/aromatic N) is 2. The number of carbonyl (C=O) groups excluding carboxylic acids is 2. The average Bonchev–Trinajstić information content (AvgIpc) is 2.66. The van der Waals surface area contributed by atoms with Crippen molar-refractivity contribution in [2.75, 3.05) is 39.3 Å². The second-order valence-electron chi connectivity index (χ2n) is 6.61. The average molecular weight is 397 g/mol. The van der Waals surface area contributed by atoms with Gasteiger partial charge >= 0.3 is 0 Å². The molecule has 0 saturated carbocycles. The molecule has 0 bridgehead atoms. The Morgan fingerprint density at radius 1 is 1.11 bits per heavy atom. The predicted octanol–water partition coefficient (Wildman–Crippen LogP) is 0.0238. The summed E-state index contributed by atoms with van der Waals surface area (Å²) in [7, 11) is -3.74. The number of nitrogens with one attached hydrogen (secondary N) is 2. The summed E-state index contributed by atoms with van der Waals surface area (Å²) in [5.74, 6) is -0.273. The quantitative estimate of drug-likeness (QED) is 0.646. The van der Waals surface area contributed by atoms with Crippen LogP contribution in [0, 0.1) is 0 Å². The smallest absolute Gasteiger partial charge is 0.241 e. The normalized spacial score (nSPS) is 16.7. The van der Waals surface area contributed by atoms with Crippen molar-refractivity contribution in [3.63, 3.8) is 0 Å². The van der Waals surface area contributed by atoms with E-state index in [4.69, 9.17) is 0 Å². The minimum atomic E-state index is -3.74. The first-order valence-corrected chi connectivity index (χ1v) is 10.7. The van der Waals surface area contributed by atoms with Crippen LogP contribution in [0.3, 0.4) is 0 Å². The van der Waals surface area contributed by atoms with Crippen LogP contribution < -0.4 is 10.0 Å². The highest BCUT2D eigenvalue weighted by Crippen LogP contribution is 2.10. The van der Waals surface area contributed by atoms with E-state index in [1.807, 2.05) is 11.8 Å². The van der Waals surface area contributed by atoms with Gasteiger partial charge in [-0.1, -0.05) is 25.1 Å². The number of rotatable bonds is 8. The third-order valence-electron chi connectivity index (χ3n) is 4.38. The molecule has 1 saturated heterocycles. The number of sulfonamides is 1. The second kappa shape index (κ2) is 9.82. The van der Waals surface area contributed by atoms with Gasteiger partial charge in [-0.05, 0) is 25.5 Å². The largest absolute Gasteiger partial charge is 0.355 e. The van der Waals surface area contributed by atoms with Gasteiger partial charge in [0.15, 0.2) is 0 Å². The molecule has 8 nitrogen and oxygen atoms in total. The maximum absolute atomic E-state index is 12.6. The first-order valence-electron chi connectivity index (χ1n) is 9.18. The monoisotopic (exact) mass is 396 g/mol. The van der Waals surface area contributed by atoms with Crippen molar-refractivity contribution in [2.45, 2.75) is 31.2 Å². The van der Waals surface area contributed by atoms with Gasteiger partial charge < -0.3 is 10.2 Å². The molecule has 2 N–H and O–H groups in total. The topological polar surface area (TPSA) is 98.8 Å². The number of hydrogen-bond acceptors (Lipinski definition) is 5. The Labute approximate surface area is 161 Å². The van der Waals surface area contributed by atoms with Gasteiger partial charge in [0.1, 0.15) is 0 Å². The highest BCUT2D eigenvalue weighted by atomic mass is 32.2. The van der Waals surface area contributed by atoms with Gasteiger partial charge in [-0.3, -0.25) is 14.5 Å². The summed E-state index contributed by atoms with van der Waals surface area (Å²) in [6.45, 7) is 6.64. The second-order valence-corrected chi connectivity index (χ2v) is 8.32. The fourth-order valence-electron chi connectivity index (χ4n) is 2.87. The summed E-state index contributed by atoms with van der Waals surface area (Å²) in [5.41, 5.74) is 0. The van der Waals surface area contributed by atoms with Gasteiger partial charge in [-0.25, -0.2) is 8.42 Å². The summed E-state index contributed by atoms with van der Waals surface area (Å²) < 4.78 is 27.1. The number of benzene rings is 1. The Kier molecular flexibility index (Phi) is 7.76. The molecule has 0 aromatic heterocycles. The van der Waals surface area contributed by atoms with E-state index < -0.39 is 16.1 Å². The van der Waals surface area contributed by atoms with Crippen molar-refractivity contribution in [1.29, 1.82) is 0 Å². The van der Waals surface area contributed by atoms with Gasteiger partial charge in [-0.15, -0.1) is 0 Å². The van der Waals surface area contributed by atoms with Crippen LogP contribution in [0.1, 0.15) is 20.3 Å². The molecule has 0 radical (unpaired) electrons. The van der Waals surface area contributed by atoms with E-state index in [0.717, 1.165) is 6.42 Å². The van der Waals surface area contributed by atoms with Crippen LogP contribution in [0.2, 0.25) is 0 Å². The van der Waals surface area contributed by atoms with Crippen LogP contribution in [-0.2, 0) is 19.6 Å². The predicted molar refractivity (Wildman–Crippen MR) is 103 cm³/mol. The number of amides is 2. The van der Waals surface area contributed by atoms with E-state index in [1.165, 1.54) is 12.1 Å². The molecule has 1 heterocycles. The molecule has 9 heteroatoms. The molecule has 2 rings (SSSR count). The van der Waals surface area contributed by atoms with Gasteiger partial charge in [0, 0.05) is 32.7 Å². The Bertz CT molecular complexity index is 731. The highest BCUT2D eigenvalue weighted by Gasteiger charge is 2.28. The molecule has 1 aliphatic rings. The summed E-state index contributed by atoms with van der Waals surface area (Å²) in [5, 5.41) is 2.84. The van der Waals surface area contributed by atoms with Crippen molar-refractivity contribution < 1.29 is 18.0 Å². The molecule has 150 valence electrons. The van der Waals surface area contributed by atoms with Crippen molar-refractivity contribution in [2.24, 2.45) is 0 Å². The third-order valence-corrected chi connectivity index (χ3v) is 5.94. The maximum Gasteiger partial charge on any atom is 0.241 e. The van der Waals surface area contributed by atoms with E-state index in [-0.39, 0.29) is 16.7 Å². The number of hydrogen-bond donors (Lipinski definition) is 2. The van der Waals surface area contributed by atoms with E-state index in [2.05, 4.69) is 10.0 Å². The lowest BCUT2D eigenvalue weighted by Gasteiger charge is -2.35. The van der Waals surface area contributed by atoms with Crippen LogP contribution in [0.4, 0.5) is 0 Å². The molecule has 1 unspecified atom stereocenters. The fraction of sp³-hybridized carbons (Fsp3) is 0.556. The summed E-state index contributed by atoms with van der Waals surface area (Å²) >= 11 is 0. The minimum absolute atomic E-state index is 0.0133. The maximum atomic E-state index is 12.6. The Hall–Kier alpha value is -1.97. The van der Waals surface area contributed by atoms with Crippen LogP contribution in [-0.4, -0.2) is 75.3 Å². The van der Waals surface area contributed by atoms with Crippen molar-refractivity contribution in [3.8, 4) is 0 Å². The standard InChI is InChI=1S/C18H28N4O4S/c1-3-9-19-17(23)14-21-10-12-22(13-11-21)18(24)15(2)20-27(25,26)16-7-5-4-6-8-16/h4-8,15,20H,3,9-14H2,1-2H3,(H,19,23). The van der Waals surface area contributed by atoms with Gasteiger partial charge in [0.05, 0.1) is 17.5 Å². The Balaban J connectivity index is 1.83. The molecule has 1 fully saturated rings. The first-order chi connectivity index (χ1) is 12.8. The van der Waals surface area contributed by atoms with Crippen LogP contribution in [0.5, 0.6) is 0 Å². The Morgan fingerprint density at radius 3 is 2.33 bits per heavy atom. The van der Waals surface area contributed by atoms with Crippen molar-refractivity contribution >= 4 is 21.8 Å². The molecule has 1 aromatic rings. The highest BCUT2D eigenvalue weighted by molar-refractivity contribution is 7.89.